The Morgan fingerprint density at radius 3 is 2.71 bits per heavy atom. The molecule has 0 saturated carbocycles. The molecule has 2 heterocycles. The molecule has 1 unspecified atom stereocenters. The second kappa shape index (κ2) is 4.19. The second-order valence-corrected chi connectivity index (χ2v) is 4.97. The van der Waals surface area contributed by atoms with E-state index in [2.05, 4.69) is 39.7 Å². The molecule has 1 N–H and O–H groups in total. The number of halogens is 1. The summed E-state index contributed by atoms with van der Waals surface area (Å²) >= 11 is 5.21. The van der Waals surface area contributed by atoms with Gasteiger partial charge in [-0.05, 0) is 41.1 Å². The number of hydrogen-bond acceptors (Lipinski definition) is 2. The number of aromatic nitrogens is 1. The van der Waals surface area contributed by atoms with Crippen molar-refractivity contribution in [3.05, 3.63) is 45.3 Å². The molecule has 0 aliphatic rings. The standard InChI is InChI=1S/C10H11BrN2S/c1-8(10-6-9(11)7-14-10)12-13-4-2-3-5-13/h2-8,12H,1H3. The van der Waals surface area contributed by atoms with E-state index in [-0.39, 0.29) is 0 Å². The van der Waals surface area contributed by atoms with Gasteiger partial charge in [0.15, 0.2) is 0 Å². The molecule has 0 aliphatic heterocycles. The van der Waals surface area contributed by atoms with Gasteiger partial charge in [-0.25, -0.2) is 0 Å². The van der Waals surface area contributed by atoms with E-state index < -0.39 is 0 Å². The maximum Gasteiger partial charge on any atom is 0.0738 e. The van der Waals surface area contributed by atoms with Gasteiger partial charge in [0.2, 0.25) is 0 Å². The van der Waals surface area contributed by atoms with Crippen LogP contribution in [0.1, 0.15) is 17.8 Å². The molecule has 0 saturated heterocycles. The molecule has 2 aromatic heterocycles. The van der Waals surface area contributed by atoms with Crippen LogP contribution in [0.4, 0.5) is 0 Å². The molecule has 4 heteroatoms. The van der Waals surface area contributed by atoms with E-state index in [0.717, 1.165) is 4.47 Å². The minimum atomic E-state index is 0.332. The number of nitrogens with zero attached hydrogens (tertiary/aromatic N) is 1. The number of nitrogens with one attached hydrogen (secondary N) is 1. The SMILES string of the molecule is CC(Nn1cccc1)c1cc(Br)cs1. The predicted molar refractivity (Wildman–Crippen MR) is 64.2 cm³/mol. The van der Waals surface area contributed by atoms with Gasteiger partial charge in [0.05, 0.1) is 6.04 Å². The molecule has 0 spiro atoms. The van der Waals surface area contributed by atoms with Crippen LogP contribution in [-0.2, 0) is 0 Å². The molecule has 0 bridgehead atoms. The Labute approximate surface area is 95.7 Å². The summed E-state index contributed by atoms with van der Waals surface area (Å²) in [7, 11) is 0. The van der Waals surface area contributed by atoms with E-state index in [1.807, 2.05) is 29.2 Å². The Morgan fingerprint density at radius 1 is 1.43 bits per heavy atom. The first-order valence-corrected chi connectivity index (χ1v) is 6.06. The topological polar surface area (TPSA) is 17.0 Å². The molecule has 1 atom stereocenters. The van der Waals surface area contributed by atoms with Gasteiger partial charge in [-0.3, -0.25) is 4.68 Å². The quantitative estimate of drug-likeness (QED) is 0.902. The summed E-state index contributed by atoms with van der Waals surface area (Å²) in [6, 6.07) is 6.48. The normalized spacial score (nSPS) is 12.7. The maximum absolute atomic E-state index is 3.45. The third-order valence-electron chi connectivity index (χ3n) is 1.96. The Morgan fingerprint density at radius 2 is 2.14 bits per heavy atom. The highest BCUT2D eigenvalue weighted by molar-refractivity contribution is 9.10. The fourth-order valence-corrected chi connectivity index (χ4v) is 2.71. The first-order chi connectivity index (χ1) is 6.75. The predicted octanol–water partition coefficient (Wildman–Crippen LogP) is 3.62. The first-order valence-electron chi connectivity index (χ1n) is 4.39. The van der Waals surface area contributed by atoms with E-state index in [1.54, 1.807) is 11.3 Å². The first kappa shape index (κ1) is 9.80. The maximum atomic E-state index is 3.45. The summed E-state index contributed by atoms with van der Waals surface area (Å²) in [5.41, 5.74) is 3.36. The van der Waals surface area contributed by atoms with Crippen molar-refractivity contribution >= 4 is 27.3 Å². The zero-order valence-corrected chi connectivity index (χ0v) is 10.2. The monoisotopic (exact) mass is 270 g/mol. The van der Waals surface area contributed by atoms with Crippen molar-refractivity contribution < 1.29 is 0 Å². The third-order valence-corrected chi connectivity index (χ3v) is 3.84. The molecule has 0 aromatic carbocycles. The Balaban J connectivity index is 2.06. The van der Waals surface area contributed by atoms with E-state index in [0.29, 0.717) is 6.04 Å². The van der Waals surface area contributed by atoms with E-state index in [4.69, 9.17) is 0 Å². The van der Waals surface area contributed by atoms with E-state index in [1.165, 1.54) is 4.88 Å². The number of thiophene rings is 1. The lowest BCUT2D eigenvalue weighted by atomic mass is 10.3. The Bertz CT molecular complexity index is 394. The fourth-order valence-electron chi connectivity index (χ4n) is 1.26. The van der Waals surface area contributed by atoms with Crippen LogP contribution in [0.3, 0.4) is 0 Å². The van der Waals surface area contributed by atoms with Gasteiger partial charge in [0, 0.05) is 27.1 Å². The van der Waals surface area contributed by atoms with Gasteiger partial charge in [-0.1, -0.05) is 0 Å². The smallest absolute Gasteiger partial charge is 0.0738 e. The summed E-state index contributed by atoms with van der Waals surface area (Å²) in [4.78, 5) is 1.32. The van der Waals surface area contributed by atoms with Crippen LogP contribution >= 0.6 is 27.3 Å². The van der Waals surface area contributed by atoms with Crippen molar-refractivity contribution in [1.29, 1.82) is 0 Å². The third kappa shape index (κ3) is 2.19. The minimum Gasteiger partial charge on any atom is -0.318 e. The summed E-state index contributed by atoms with van der Waals surface area (Å²) in [5.74, 6) is 0. The summed E-state index contributed by atoms with van der Waals surface area (Å²) in [6.45, 7) is 2.15. The van der Waals surface area contributed by atoms with Crippen molar-refractivity contribution in [1.82, 2.24) is 4.68 Å². The Hall–Kier alpha value is -0.740. The van der Waals surface area contributed by atoms with E-state index >= 15 is 0 Å². The van der Waals surface area contributed by atoms with Crippen molar-refractivity contribution in [2.75, 3.05) is 5.43 Å². The van der Waals surface area contributed by atoms with Crippen molar-refractivity contribution in [3.63, 3.8) is 0 Å². The summed E-state index contributed by atoms with van der Waals surface area (Å²) in [5, 5.41) is 2.10. The van der Waals surface area contributed by atoms with Crippen LogP contribution in [0.2, 0.25) is 0 Å². The summed E-state index contributed by atoms with van der Waals surface area (Å²) < 4.78 is 3.12. The number of hydrogen-bond donors (Lipinski definition) is 1. The summed E-state index contributed by atoms with van der Waals surface area (Å²) in [6.07, 6.45) is 4.00. The van der Waals surface area contributed by atoms with Gasteiger partial charge < -0.3 is 5.43 Å². The molecular formula is C10H11BrN2S. The molecule has 2 nitrogen and oxygen atoms in total. The largest absolute Gasteiger partial charge is 0.318 e. The van der Waals surface area contributed by atoms with Crippen LogP contribution < -0.4 is 5.43 Å². The number of rotatable bonds is 3. The van der Waals surface area contributed by atoms with Gasteiger partial charge in [0.1, 0.15) is 0 Å². The van der Waals surface area contributed by atoms with Crippen molar-refractivity contribution in [2.24, 2.45) is 0 Å². The zero-order valence-electron chi connectivity index (χ0n) is 7.77. The highest BCUT2D eigenvalue weighted by Gasteiger charge is 2.06. The fraction of sp³-hybridized carbons (Fsp3) is 0.200. The molecular weight excluding hydrogens is 260 g/mol. The lowest BCUT2D eigenvalue weighted by Gasteiger charge is -2.14. The Kier molecular flexibility index (Phi) is 2.93. The van der Waals surface area contributed by atoms with Crippen LogP contribution in [0.5, 0.6) is 0 Å². The molecule has 0 radical (unpaired) electrons. The van der Waals surface area contributed by atoms with Crippen LogP contribution in [0.25, 0.3) is 0 Å². The van der Waals surface area contributed by atoms with Crippen molar-refractivity contribution in [3.8, 4) is 0 Å². The lowest BCUT2D eigenvalue weighted by molar-refractivity contribution is 0.739. The van der Waals surface area contributed by atoms with Gasteiger partial charge in [-0.15, -0.1) is 11.3 Å². The van der Waals surface area contributed by atoms with Gasteiger partial charge >= 0.3 is 0 Å². The van der Waals surface area contributed by atoms with Crippen LogP contribution in [0, 0.1) is 0 Å². The van der Waals surface area contributed by atoms with Crippen LogP contribution in [0.15, 0.2) is 40.4 Å². The van der Waals surface area contributed by atoms with Gasteiger partial charge in [0.25, 0.3) is 0 Å². The molecule has 2 aromatic rings. The molecule has 74 valence electrons. The average molecular weight is 271 g/mol. The molecule has 0 amide bonds. The van der Waals surface area contributed by atoms with E-state index in [9.17, 15) is 0 Å². The minimum absolute atomic E-state index is 0.332. The second-order valence-electron chi connectivity index (χ2n) is 3.11. The zero-order chi connectivity index (χ0) is 9.97. The molecule has 0 aliphatic carbocycles. The molecule has 0 fully saturated rings. The highest BCUT2D eigenvalue weighted by Crippen LogP contribution is 2.25. The lowest BCUT2D eigenvalue weighted by Crippen LogP contribution is -2.15. The average Bonchev–Trinajstić information content (AvgIpc) is 2.75. The van der Waals surface area contributed by atoms with Crippen molar-refractivity contribution in [2.45, 2.75) is 13.0 Å². The molecule has 2 rings (SSSR count). The van der Waals surface area contributed by atoms with Crippen LogP contribution in [-0.4, -0.2) is 4.68 Å². The highest BCUT2D eigenvalue weighted by atomic mass is 79.9. The van der Waals surface area contributed by atoms with Gasteiger partial charge in [-0.2, -0.15) is 0 Å². The molecule has 14 heavy (non-hydrogen) atoms.